The molecule has 28 heavy (non-hydrogen) atoms. The summed E-state index contributed by atoms with van der Waals surface area (Å²) < 4.78 is 1.68. The lowest BCUT2D eigenvalue weighted by atomic mass is 10.2. The van der Waals surface area contributed by atoms with E-state index < -0.39 is 0 Å². The minimum atomic E-state index is -0.332. The highest BCUT2D eigenvalue weighted by Gasteiger charge is 2.27. The number of aromatic nitrogens is 4. The van der Waals surface area contributed by atoms with Gasteiger partial charge in [0, 0.05) is 42.7 Å². The molecular formula is C20H17ClN6O. The first kappa shape index (κ1) is 18.0. The lowest BCUT2D eigenvalue weighted by Crippen LogP contribution is -2.21. The minimum absolute atomic E-state index is 0.181. The summed E-state index contributed by atoms with van der Waals surface area (Å²) in [4.78, 5) is 20.1. The van der Waals surface area contributed by atoms with E-state index in [0.717, 1.165) is 11.3 Å². The van der Waals surface area contributed by atoms with Crippen molar-refractivity contribution in [3.63, 3.8) is 0 Å². The van der Waals surface area contributed by atoms with E-state index in [1.807, 2.05) is 25.2 Å². The molecule has 0 saturated heterocycles. The number of hydrogen-bond acceptors (Lipinski definition) is 4. The summed E-state index contributed by atoms with van der Waals surface area (Å²) in [5.41, 5.74) is 3.08. The monoisotopic (exact) mass is 392 g/mol. The average Bonchev–Trinajstić information content (AvgIpc) is 3.46. The van der Waals surface area contributed by atoms with Gasteiger partial charge in [0.1, 0.15) is 5.82 Å². The fourth-order valence-corrected chi connectivity index (χ4v) is 2.76. The third-order valence-electron chi connectivity index (χ3n) is 4.23. The Bertz CT molecular complexity index is 1080. The zero-order valence-electron chi connectivity index (χ0n) is 15.1. The van der Waals surface area contributed by atoms with Gasteiger partial charge in [-0.2, -0.15) is 5.10 Å². The van der Waals surface area contributed by atoms with Crippen LogP contribution in [-0.4, -0.2) is 25.8 Å². The van der Waals surface area contributed by atoms with Gasteiger partial charge < -0.3 is 5.32 Å². The topological polar surface area (TPSA) is 84.7 Å². The molecule has 2 aromatic heterocycles. The van der Waals surface area contributed by atoms with Crippen molar-refractivity contribution in [2.24, 2.45) is 7.05 Å². The van der Waals surface area contributed by atoms with Crippen LogP contribution >= 0.6 is 11.6 Å². The Morgan fingerprint density at radius 3 is 2.64 bits per heavy atom. The first-order valence-electron chi connectivity index (χ1n) is 8.78. The van der Waals surface area contributed by atoms with E-state index in [9.17, 15) is 4.79 Å². The molecule has 3 aromatic rings. The van der Waals surface area contributed by atoms with Crippen LogP contribution in [0.2, 0.25) is 5.28 Å². The minimum Gasteiger partial charge on any atom is -0.308 e. The standard InChI is InChI=1S/C20H17ClN6O/c1-27-18(10-17(26-27)15-7-8-15)25-20(28)24-16-4-2-3-13(9-16)5-6-14-11-22-19(21)23-12-14/h2-4,9-12,15H,7-8H2,1H3,(H2,24,25,28). The molecule has 0 spiro atoms. The SMILES string of the molecule is Cn1nc(C2CC2)cc1NC(=O)Nc1cccc(C#Cc2cnc(Cl)nc2)c1. The van der Waals surface area contributed by atoms with Crippen LogP contribution in [0.1, 0.15) is 35.6 Å². The summed E-state index contributed by atoms with van der Waals surface area (Å²) in [6.45, 7) is 0. The molecule has 0 atom stereocenters. The largest absolute Gasteiger partial charge is 0.324 e. The van der Waals surface area contributed by atoms with Crippen LogP contribution in [0.4, 0.5) is 16.3 Å². The molecule has 1 fully saturated rings. The summed E-state index contributed by atoms with van der Waals surface area (Å²) in [5.74, 6) is 7.18. The Morgan fingerprint density at radius 2 is 1.89 bits per heavy atom. The van der Waals surface area contributed by atoms with Crippen molar-refractivity contribution in [2.75, 3.05) is 10.6 Å². The van der Waals surface area contributed by atoms with Crippen LogP contribution in [0.3, 0.4) is 0 Å². The van der Waals surface area contributed by atoms with Gasteiger partial charge >= 0.3 is 6.03 Å². The van der Waals surface area contributed by atoms with E-state index in [2.05, 4.69) is 37.5 Å². The number of carbonyl (C=O) groups excluding carboxylic acids is 1. The molecule has 7 nitrogen and oxygen atoms in total. The maximum Gasteiger partial charge on any atom is 0.324 e. The quantitative estimate of drug-likeness (QED) is 0.524. The van der Waals surface area contributed by atoms with E-state index in [1.165, 1.54) is 12.8 Å². The molecule has 2 amide bonds. The molecular weight excluding hydrogens is 376 g/mol. The van der Waals surface area contributed by atoms with E-state index in [0.29, 0.717) is 23.0 Å². The van der Waals surface area contributed by atoms with Crippen molar-refractivity contribution in [3.05, 3.63) is 64.8 Å². The molecule has 1 aliphatic carbocycles. The second-order valence-electron chi connectivity index (χ2n) is 6.50. The lowest BCUT2D eigenvalue weighted by molar-refractivity contribution is 0.262. The average molecular weight is 393 g/mol. The van der Waals surface area contributed by atoms with Crippen molar-refractivity contribution < 1.29 is 4.79 Å². The molecule has 1 aromatic carbocycles. The number of anilines is 2. The highest BCUT2D eigenvalue weighted by molar-refractivity contribution is 6.28. The summed E-state index contributed by atoms with van der Waals surface area (Å²) in [7, 11) is 1.82. The van der Waals surface area contributed by atoms with Crippen LogP contribution in [0.5, 0.6) is 0 Å². The smallest absolute Gasteiger partial charge is 0.308 e. The van der Waals surface area contributed by atoms with Crippen LogP contribution in [-0.2, 0) is 7.05 Å². The van der Waals surface area contributed by atoms with Crippen molar-refractivity contribution in [1.29, 1.82) is 0 Å². The predicted octanol–water partition coefficient (Wildman–Crippen LogP) is 3.78. The number of nitrogens with zero attached hydrogens (tertiary/aromatic N) is 4. The van der Waals surface area contributed by atoms with Gasteiger partial charge in [-0.3, -0.25) is 10.00 Å². The van der Waals surface area contributed by atoms with Crippen LogP contribution < -0.4 is 10.6 Å². The molecule has 2 N–H and O–H groups in total. The number of hydrogen-bond donors (Lipinski definition) is 2. The number of benzene rings is 1. The maximum atomic E-state index is 12.3. The number of carbonyl (C=O) groups is 1. The summed E-state index contributed by atoms with van der Waals surface area (Å²) >= 11 is 5.66. The first-order valence-corrected chi connectivity index (χ1v) is 9.16. The van der Waals surface area contributed by atoms with Crippen molar-refractivity contribution in [3.8, 4) is 11.8 Å². The fourth-order valence-electron chi connectivity index (χ4n) is 2.66. The van der Waals surface area contributed by atoms with Gasteiger partial charge in [-0.25, -0.2) is 14.8 Å². The van der Waals surface area contributed by atoms with Gasteiger partial charge in [-0.1, -0.05) is 17.9 Å². The lowest BCUT2D eigenvalue weighted by Gasteiger charge is -2.07. The summed E-state index contributed by atoms with van der Waals surface area (Å²) in [6, 6.07) is 8.87. The second kappa shape index (κ2) is 7.71. The van der Waals surface area contributed by atoms with Gasteiger partial charge in [0.05, 0.1) is 11.3 Å². The molecule has 0 bridgehead atoms. The van der Waals surface area contributed by atoms with Gasteiger partial charge in [-0.15, -0.1) is 0 Å². The predicted molar refractivity (Wildman–Crippen MR) is 107 cm³/mol. The maximum absolute atomic E-state index is 12.3. The van der Waals surface area contributed by atoms with Crippen LogP contribution in [0.15, 0.2) is 42.7 Å². The van der Waals surface area contributed by atoms with E-state index >= 15 is 0 Å². The number of halogens is 1. The molecule has 0 aliphatic heterocycles. The molecule has 1 saturated carbocycles. The highest BCUT2D eigenvalue weighted by atomic mass is 35.5. The molecule has 0 unspecified atom stereocenters. The molecule has 140 valence electrons. The molecule has 1 aliphatic rings. The van der Waals surface area contributed by atoms with E-state index in [1.54, 1.807) is 29.2 Å². The number of amides is 2. The van der Waals surface area contributed by atoms with Crippen molar-refractivity contribution >= 4 is 29.1 Å². The van der Waals surface area contributed by atoms with Crippen molar-refractivity contribution in [1.82, 2.24) is 19.7 Å². The Hall–Kier alpha value is -3.37. The molecule has 4 rings (SSSR count). The Morgan fingerprint density at radius 1 is 1.14 bits per heavy atom. The molecule has 8 heteroatoms. The summed E-state index contributed by atoms with van der Waals surface area (Å²) in [5, 5.41) is 10.3. The van der Waals surface area contributed by atoms with Gasteiger partial charge in [0.2, 0.25) is 5.28 Å². The third-order valence-corrected chi connectivity index (χ3v) is 4.42. The number of nitrogens with one attached hydrogen (secondary N) is 2. The van der Waals surface area contributed by atoms with Gasteiger partial charge in [0.25, 0.3) is 0 Å². The highest BCUT2D eigenvalue weighted by Crippen LogP contribution is 2.39. The van der Waals surface area contributed by atoms with Gasteiger partial charge in [0.15, 0.2) is 0 Å². The zero-order valence-corrected chi connectivity index (χ0v) is 15.9. The molecule has 2 heterocycles. The number of aryl methyl sites for hydroxylation is 1. The normalized spacial score (nSPS) is 12.8. The second-order valence-corrected chi connectivity index (χ2v) is 6.84. The van der Waals surface area contributed by atoms with Gasteiger partial charge in [-0.05, 0) is 42.6 Å². The summed E-state index contributed by atoms with van der Waals surface area (Å²) in [6.07, 6.45) is 5.45. The van der Waals surface area contributed by atoms with E-state index in [-0.39, 0.29) is 11.3 Å². The van der Waals surface area contributed by atoms with Crippen LogP contribution in [0, 0.1) is 11.8 Å². The third kappa shape index (κ3) is 4.48. The fraction of sp³-hybridized carbons (Fsp3) is 0.200. The number of rotatable bonds is 3. The Labute approximate surface area is 167 Å². The Kier molecular flexibility index (Phi) is 4.96. The van der Waals surface area contributed by atoms with E-state index in [4.69, 9.17) is 11.6 Å². The van der Waals surface area contributed by atoms with Crippen molar-refractivity contribution in [2.45, 2.75) is 18.8 Å². The Balaban J connectivity index is 1.41. The zero-order chi connectivity index (χ0) is 19.5. The number of urea groups is 1. The molecule has 0 radical (unpaired) electrons. The first-order chi connectivity index (χ1) is 13.6. The van der Waals surface area contributed by atoms with Crippen LogP contribution in [0.25, 0.3) is 0 Å².